The lowest BCUT2D eigenvalue weighted by atomic mass is 9.69. The quantitative estimate of drug-likeness (QED) is 0.131. The summed E-state index contributed by atoms with van der Waals surface area (Å²) in [6.45, 7) is 3.79. The van der Waals surface area contributed by atoms with Crippen LogP contribution in [0.3, 0.4) is 0 Å². The maximum absolute atomic E-state index is 15.2. The van der Waals surface area contributed by atoms with E-state index in [2.05, 4.69) is 6.92 Å². The standard InChI is InChI=1S/C36H46F6O3/c1-2-3-4-5-6-7-23-21-43-35(44-22-23)26-10-8-24(9-11-26)25-12-14-28(15-13-25)36(41,42)45-29-16-17-30(31(37)20-29)27-18-32(38)34(40)33(39)19-27/h16-20,23-26,28,35H,2-15,21-22H2,1H3. The van der Waals surface area contributed by atoms with E-state index in [1.54, 1.807) is 0 Å². The lowest BCUT2D eigenvalue weighted by Gasteiger charge is -2.41. The number of rotatable bonds is 12. The van der Waals surface area contributed by atoms with Crippen molar-refractivity contribution < 1.29 is 40.6 Å². The fourth-order valence-electron chi connectivity index (χ4n) is 7.59. The molecule has 2 saturated carbocycles. The topological polar surface area (TPSA) is 27.7 Å². The van der Waals surface area contributed by atoms with E-state index in [4.69, 9.17) is 14.2 Å². The van der Waals surface area contributed by atoms with Crippen molar-refractivity contribution in [3.05, 3.63) is 53.6 Å². The molecule has 0 amide bonds. The molecule has 0 bridgehead atoms. The van der Waals surface area contributed by atoms with Crippen molar-refractivity contribution in [3.8, 4) is 16.9 Å². The normalized spacial score (nSPS) is 27.8. The lowest BCUT2D eigenvalue weighted by molar-refractivity contribution is -0.232. The van der Waals surface area contributed by atoms with Gasteiger partial charge < -0.3 is 14.2 Å². The van der Waals surface area contributed by atoms with E-state index in [-0.39, 0.29) is 23.2 Å². The Labute approximate surface area is 263 Å². The third kappa shape index (κ3) is 8.76. The number of unbranched alkanes of at least 4 members (excludes halogenated alkanes) is 4. The minimum absolute atomic E-state index is 0.120. The zero-order chi connectivity index (χ0) is 32.0. The second-order valence-electron chi connectivity index (χ2n) is 13.4. The summed E-state index contributed by atoms with van der Waals surface area (Å²) in [5.41, 5.74) is -0.497. The van der Waals surface area contributed by atoms with E-state index >= 15 is 8.78 Å². The number of hydrogen-bond acceptors (Lipinski definition) is 3. The van der Waals surface area contributed by atoms with Gasteiger partial charge in [-0.1, -0.05) is 39.0 Å². The molecule has 1 saturated heterocycles. The highest BCUT2D eigenvalue weighted by Crippen LogP contribution is 2.46. The van der Waals surface area contributed by atoms with E-state index in [9.17, 15) is 17.6 Å². The Morgan fingerprint density at radius 1 is 0.711 bits per heavy atom. The molecule has 1 aliphatic heterocycles. The van der Waals surface area contributed by atoms with Crippen LogP contribution in [0.4, 0.5) is 26.3 Å². The molecule has 9 heteroatoms. The minimum atomic E-state index is -3.49. The predicted octanol–water partition coefficient (Wildman–Crippen LogP) is 10.8. The average Bonchev–Trinajstić information content (AvgIpc) is 3.04. The Hall–Kier alpha value is -2.26. The largest absolute Gasteiger partial charge is 0.432 e. The average molecular weight is 641 g/mol. The molecule has 0 N–H and O–H groups in total. The molecule has 2 aromatic rings. The van der Waals surface area contributed by atoms with E-state index < -0.39 is 35.3 Å². The maximum atomic E-state index is 15.2. The van der Waals surface area contributed by atoms with Gasteiger partial charge in [-0.2, -0.15) is 8.78 Å². The number of ether oxygens (including phenoxy) is 3. The molecule has 3 nitrogen and oxygen atoms in total. The molecule has 3 fully saturated rings. The van der Waals surface area contributed by atoms with Gasteiger partial charge in [0.05, 0.1) is 19.1 Å². The minimum Gasteiger partial charge on any atom is -0.432 e. The molecule has 0 atom stereocenters. The van der Waals surface area contributed by atoms with Crippen LogP contribution in [0.15, 0.2) is 30.3 Å². The molecule has 3 aliphatic rings. The zero-order valence-corrected chi connectivity index (χ0v) is 26.2. The van der Waals surface area contributed by atoms with Crippen molar-refractivity contribution in [2.45, 2.75) is 109 Å². The summed E-state index contributed by atoms with van der Waals surface area (Å²) in [6, 6.07) is 4.30. The van der Waals surface area contributed by atoms with Crippen LogP contribution in [0.2, 0.25) is 0 Å². The monoisotopic (exact) mass is 640 g/mol. The van der Waals surface area contributed by atoms with Crippen molar-refractivity contribution in [1.82, 2.24) is 0 Å². The van der Waals surface area contributed by atoms with E-state index in [0.717, 1.165) is 57.1 Å². The second-order valence-corrected chi connectivity index (χ2v) is 13.4. The summed E-state index contributed by atoms with van der Waals surface area (Å²) in [6.07, 6.45) is 10.2. The van der Waals surface area contributed by atoms with E-state index in [1.807, 2.05) is 0 Å². The molecular formula is C36H46F6O3. The van der Waals surface area contributed by atoms with Gasteiger partial charge in [0.1, 0.15) is 11.6 Å². The number of benzene rings is 2. The van der Waals surface area contributed by atoms with Crippen molar-refractivity contribution in [1.29, 1.82) is 0 Å². The first-order chi connectivity index (χ1) is 21.6. The summed E-state index contributed by atoms with van der Waals surface area (Å²) in [5.74, 6) is -5.17. The first kappa shape index (κ1) is 34.1. The van der Waals surface area contributed by atoms with Gasteiger partial charge in [-0.25, -0.2) is 17.6 Å². The predicted molar refractivity (Wildman–Crippen MR) is 161 cm³/mol. The van der Waals surface area contributed by atoms with Crippen LogP contribution >= 0.6 is 0 Å². The van der Waals surface area contributed by atoms with Gasteiger partial charge in [-0.05, 0) is 99.5 Å². The molecule has 250 valence electrons. The zero-order valence-electron chi connectivity index (χ0n) is 26.2. The molecule has 2 aromatic carbocycles. The van der Waals surface area contributed by atoms with Gasteiger partial charge in [0.2, 0.25) is 0 Å². The Balaban J connectivity index is 1.04. The van der Waals surface area contributed by atoms with Crippen LogP contribution in [0.5, 0.6) is 5.75 Å². The molecular weight excluding hydrogens is 594 g/mol. The summed E-state index contributed by atoms with van der Waals surface area (Å²) < 4.78 is 103. The maximum Gasteiger partial charge on any atom is 0.400 e. The third-order valence-corrected chi connectivity index (χ3v) is 10.3. The van der Waals surface area contributed by atoms with Gasteiger partial charge >= 0.3 is 6.11 Å². The summed E-state index contributed by atoms with van der Waals surface area (Å²) in [4.78, 5) is 0. The van der Waals surface area contributed by atoms with E-state index in [0.29, 0.717) is 61.5 Å². The van der Waals surface area contributed by atoms with Crippen LogP contribution in [0.25, 0.3) is 11.1 Å². The molecule has 0 spiro atoms. The van der Waals surface area contributed by atoms with Crippen LogP contribution in [0.1, 0.15) is 96.8 Å². The molecule has 5 rings (SSSR count). The van der Waals surface area contributed by atoms with Gasteiger partial charge in [0.25, 0.3) is 0 Å². The Morgan fingerprint density at radius 2 is 1.29 bits per heavy atom. The smallest absolute Gasteiger partial charge is 0.400 e. The van der Waals surface area contributed by atoms with Gasteiger partial charge in [0.15, 0.2) is 23.7 Å². The molecule has 45 heavy (non-hydrogen) atoms. The van der Waals surface area contributed by atoms with Crippen LogP contribution in [-0.4, -0.2) is 25.6 Å². The highest BCUT2D eigenvalue weighted by Gasteiger charge is 2.45. The third-order valence-electron chi connectivity index (χ3n) is 10.3. The van der Waals surface area contributed by atoms with Gasteiger partial charge in [-0.3, -0.25) is 0 Å². The van der Waals surface area contributed by atoms with Crippen molar-refractivity contribution in [2.24, 2.45) is 29.6 Å². The Morgan fingerprint density at radius 3 is 1.89 bits per heavy atom. The summed E-state index contributed by atoms with van der Waals surface area (Å²) >= 11 is 0. The molecule has 2 aliphatic carbocycles. The number of alkyl halides is 2. The molecule has 0 radical (unpaired) electrons. The van der Waals surface area contributed by atoms with Gasteiger partial charge in [-0.15, -0.1) is 0 Å². The fourth-order valence-corrected chi connectivity index (χ4v) is 7.59. The fraction of sp³-hybridized carbons (Fsp3) is 0.667. The first-order valence-corrected chi connectivity index (χ1v) is 16.9. The number of hydrogen-bond donors (Lipinski definition) is 0. The van der Waals surface area contributed by atoms with Crippen LogP contribution in [-0.2, 0) is 9.47 Å². The second kappa shape index (κ2) is 15.6. The lowest BCUT2D eigenvalue weighted by Crippen LogP contribution is -2.40. The Bertz CT molecular complexity index is 1210. The molecule has 1 heterocycles. The Kier molecular flexibility index (Phi) is 11.8. The molecule has 0 unspecified atom stereocenters. The van der Waals surface area contributed by atoms with Crippen molar-refractivity contribution in [2.75, 3.05) is 13.2 Å². The summed E-state index contributed by atoms with van der Waals surface area (Å²) in [5, 5.41) is 0. The highest BCUT2D eigenvalue weighted by molar-refractivity contribution is 5.65. The van der Waals surface area contributed by atoms with E-state index in [1.165, 1.54) is 38.5 Å². The van der Waals surface area contributed by atoms with Gasteiger partial charge in [0, 0.05) is 23.5 Å². The number of halogens is 6. The summed E-state index contributed by atoms with van der Waals surface area (Å²) in [7, 11) is 0. The van der Waals surface area contributed by atoms with Crippen LogP contribution in [0, 0.1) is 52.9 Å². The first-order valence-electron chi connectivity index (χ1n) is 16.9. The van der Waals surface area contributed by atoms with Crippen molar-refractivity contribution in [3.63, 3.8) is 0 Å². The SMILES string of the molecule is CCCCCCCC1COC(C2CCC(C3CCC(C(F)(F)Oc4ccc(-c5cc(F)c(F)c(F)c5)c(F)c4)CC3)CC2)OC1. The van der Waals surface area contributed by atoms with Crippen LogP contribution < -0.4 is 4.74 Å². The molecule has 0 aromatic heterocycles. The highest BCUT2D eigenvalue weighted by atomic mass is 19.3. The van der Waals surface area contributed by atoms with Crippen molar-refractivity contribution >= 4 is 0 Å².